The SMILES string of the molecule is CC(C)CCC(=O)NC1CCC(CC#N)CC1. The molecule has 3 heteroatoms. The minimum atomic E-state index is 0.197. The van der Waals surface area contributed by atoms with Gasteiger partial charge in [0.25, 0.3) is 0 Å². The van der Waals surface area contributed by atoms with Crippen LogP contribution in [0.15, 0.2) is 0 Å². The molecule has 0 spiro atoms. The highest BCUT2D eigenvalue weighted by Crippen LogP contribution is 2.26. The van der Waals surface area contributed by atoms with Crippen LogP contribution in [0.3, 0.4) is 0 Å². The van der Waals surface area contributed by atoms with Crippen molar-refractivity contribution < 1.29 is 4.79 Å². The minimum Gasteiger partial charge on any atom is -0.353 e. The molecule has 1 amide bonds. The molecular formula is C14H24N2O. The summed E-state index contributed by atoms with van der Waals surface area (Å²) in [4.78, 5) is 11.7. The van der Waals surface area contributed by atoms with Crippen LogP contribution in [0.4, 0.5) is 0 Å². The van der Waals surface area contributed by atoms with E-state index in [0.29, 0.717) is 30.7 Å². The van der Waals surface area contributed by atoms with E-state index in [1.54, 1.807) is 0 Å². The highest BCUT2D eigenvalue weighted by atomic mass is 16.1. The van der Waals surface area contributed by atoms with Crippen LogP contribution in [-0.2, 0) is 4.79 Å². The van der Waals surface area contributed by atoms with Crippen LogP contribution in [0.2, 0.25) is 0 Å². The molecule has 0 aromatic rings. The Kier molecular flexibility index (Phi) is 6.04. The minimum absolute atomic E-state index is 0.197. The number of carbonyl (C=O) groups excluding carboxylic acids is 1. The largest absolute Gasteiger partial charge is 0.353 e. The summed E-state index contributed by atoms with van der Waals surface area (Å²) in [6.07, 6.45) is 6.55. The maximum Gasteiger partial charge on any atom is 0.220 e. The number of nitriles is 1. The maximum atomic E-state index is 11.7. The average Bonchev–Trinajstić information content (AvgIpc) is 2.29. The van der Waals surface area contributed by atoms with Gasteiger partial charge in [0, 0.05) is 18.9 Å². The van der Waals surface area contributed by atoms with Crippen LogP contribution in [-0.4, -0.2) is 11.9 Å². The second-order valence-electron chi connectivity index (χ2n) is 5.58. The average molecular weight is 236 g/mol. The van der Waals surface area contributed by atoms with Crippen LogP contribution in [0.5, 0.6) is 0 Å². The number of carbonyl (C=O) groups is 1. The van der Waals surface area contributed by atoms with Gasteiger partial charge in [0.05, 0.1) is 6.07 Å². The summed E-state index contributed by atoms with van der Waals surface area (Å²) in [7, 11) is 0. The van der Waals surface area contributed by atoms with Crippen LogP contribution >= 0.6 is 0 Å². The number of nitrogens with zero attached hydrogens (tertiary/aromatic N) is 1. The third-order valence-corrected chi connectivity index (χ3v) is 3.54. The summed E-state index contributed by atoms with van der Waals surface area (Å²) >= 11 is 0. The number of nitrogens with one attached hydrogen (secondary N) is 1. The molecular weight excluding hydrogens is 212 g/mol. The third kappa shape index (κ3) is 5.72. The van der Waals surface area contributed by atoms with Crippen molar-refractivity contribution >= 4 is 5.91 Å². The molecule has 1 aliphatic carbocycles. The molecule has 0 aromatic heterocycles. The molecule has 0 unspecified atom stereocenters. The maximum absolute atomic E-state index is 11.7. The van der Waals surface area contributed by atoms with Crippen molar-refractivity contribution in [3.63, 3.8) is 0 Å². The van der Waals surface area contributed by atoms with Crippen molar-refractivity contribution in [1.29, 1.82) is 5.26 Å². The fourth-order valence-electron chi connectivity index (χ4n) is 2.36. The van der Waals surface area contributed by atoms with Gasteiger partial charge in [0.2, 0.25) is 5.91 Å². The van der Waals surface area contributed by atoms with Gasteiger partial charge in [-0.1, -0.05) is 13.8 Å². The first kappa shape index (κ1) is 14.0. The van der Waals surface area contributed by atoms with Gasteiger partial charge in [0.1, 0.15) is 0 Å². The Hall–Kier alpha value is -1.04. The van der Waals surface area contributed by atoms with Crippen LogP contribution < -0.4 is 5.32 Å². The molecule has 1 saturated carbocycles. The topological polar surface area (TPSA) is 52.9 Å². The predicted octanol–water partition coefficient (Wildman–Crippen LogP) is 3.01. The van der Waals surface area contributed by atoms with E-state index in [1.807, 2.05) is 0 Å². The van der Waals surface area contributed by atoms with Gasteiger partial charge in [-0.2, -0.15) is 5.26 Å². The molecule has 1 fully saturated rings. The van der Waals surface area contributed by atoms with E-state index in [-0.39, 0.29) is 5.91 Å². The van der Waals surface area contributed by atoms with Crippen molar-refractivity contribution in [3.05, 3.63) is 0 Å². The van der Waals surface area contributed by atoms with Crippen LogP contribution in [0.1, 0.15) is 58.8 Å². The van der Waals surface area contributed by atoms with Crippen molar-refractivity contribution in [3.8, 4) is 6.07 Å². The summed E-state index contributed by atoms with van der Waals surface area (Å²) < 4.78 is 0. The molecule has 0 aliphatic heterocycles. The van der Waals surface area contributed by atoms with Gasteiger partial charge >= 0.3 is 0 Å². The van der Waals surface area contributed by atoms with E-state index in [1.165, 1.54) is 0 Å². The zero-order valence-corrected chi connectivity index (χ0v) is 11.0. The Morgan fingerprint density at radius 3 is 2.53 bits per heavy atom. The molecule has 0 bridgehead atoms. The number of hydrogen-bond donors (Lipinski definition) is 1. The third-order valence-electron chi connectivity index (χ3n) is 3.54. The van der Waals surface area contributed by atoms with Gasteiger partial charge in [-0.05, 0) is 43.9 Å². The summed E-state index contributed by atoms with van der Waals surface area (Å²) in [6.45, 7) is 4.28. The molecule has 0 aromatic carbocycles. The Balaban J connectivity index is 2.17. The molecule has 3 nitrogen and oxygen atoms in total. The quantitative estimate of drug-likeness (QED) is 0.797. The summed E-state index contributed by atoms with van der Waals surface area (Å²) in [5, 5.41) is 11.7. The normalized spacial score (nSPS) is 24.4. The highest BCUT2D eigenvalue weighted by molar-refractivity contribution is 5.76. The van der Waals surface area contributed by atoms with Gasteiger partial charge in [-0.15, -0.1) is 0 Å². The van der Waals surface area contributed by atoms with Gasteiger partial charge in [0.15, 0.2) is 0 Å². The Labute approximate surface area is 105 Å². The van der Waals surface area contributed by atoms with Crippen molar-refractivity contribution in [2.24, 2.45) is 11.8 Å². The molecule has 96 valence electrons. The van der Waals surface area contributed by atoms with Crippen LogP contribution in [0, 0.1) is 23.2 Å². The number of amides is 1. The molecule has 1 aliphatic rings. The lowest BCUT2D eigenvalue weighted by Crippen LogP contribution is -2.37. The monoisotopic (exact) mass is 236 g/mol. The molecule has 0 saturated heterocycles. The standard InChI is InChI=1S/C14H24N2O/c1-11(2)3-8-14(17)16-13-6-4-12(5-7-13)9-10-15/h11-13H,3-9H2,1-2H3,(H,16,17). The van der Waals surface area contributed by atoms with E-state index in [9.17, 15) is 4.79 Å². The Bertz CT molecular complexity index is 272. The van der Waals surface area contributed by atoms with Crippen molar-refractivity contribution in [1.82, 2.24) is 5.32 Å². The lowest BCUT2D eigenvalue weighted by atomic mass is 9.84. The van der Waals surface area contributed by atoms with Gasteiger partial charge < -0.3 is 5.32 Å². The van der Waals surface area contributed by atoms with E-state index in [4.69, 9.17) is 5.26 Å². The highest BCUT2D eigenvalue weighted by Gasteiger charge is 2.21. The van der Waals surface area contributed by atoms with Gasteiger partial charge in [-0.3, -0.25) is 4.79 Å². The molecule has 17 heavy (non-hydrogen) atoms. The fraction of sp³-hybridized carbons (Fsp3) is 0.857. The first-order valence-electron chi connectivity index (χ1n) is 6.78. The predicted molar refractivity (Wildman–Crippen MR) is 68.2 cm³/mol. The zero-order valence-electron chi connectivity index (χ0n) is 11.0. The summed E-state index contributed by atoms with van der Waals surface area (Å²) in [5.74, 6) is 1.35. The first-order chi connectivity index (χ1) is 8.11. The van der Waals surface area contributed by atoms with E-state index >= 15 is 0 Å². The zero-order chi connectivity index (χ0) is 12.7. The molecule has 1 N–H and O–H groups in total. The van der Waals surface area contributed by atoms with Crippen LogP contribution in [0.25, 0.3) is 0 Å². The Morgan fingerprint density at radius 1 is 1.35 bits per heavy atom. The second-order valence-corrected chi connectivity index (χ2v) is 5.58. The summed E-state index contributed by atoms with van der Waals surface area (Å²) in [5.41, 5.74) is 0. The summed E-state index contributed by atoms with van der Waals surface area (Å²) in [6, 6.07) is 2.59. The number of hydrogen-bond acceptors (Lipinski definition) is 2. The molecule has 1 rings (SSSR count). The molecule has 0 radical (unpaired) electrons. The molecule has 0 atom stereocenters. The van der Waals surface area contributed by atoms with E-state index in [2.05, 4.69) is 25.2 Å². The smallest absolute Gasteiger partial charge is 0.220 e. The lowest BCUT2D eigenvalue weighted by Gasteiger charge is -2.27. The Morgan fingerprint density at radius 2 is 2.00 bits per heavy atom. The second kappa shape index (κ2) is 7.32. The lowest BCUT2D eigenvalue weighted by molar-refractivity contribution is -0.122. The van der Waals surface area contributed by atoms with E-state index in [0.717, 1.165) is 32.1 Å². The molecule has 0 heterocycles. The fourth-order valence-corrected chi connectivity index (χ4v) is 2.36. The number of rotatable bonds is 5. The van der Waals surface area contributed by atoms with Gasteiger partial charge in [-0.25, -0.2) is 0 Å². The van der Waals surface area contributed by atoms with E-state index < -0.39 is 0 Å². The van der Waals surface area contributed by atoms with Crippen molar-refractivity contribution in [2.75, 3.05) is 0 Å². The van der Waals surface area contributed by atoms with Crippen molar-refractivity contribution in [2.45, 2.75) is 64.8 Å². The first-order valence-corrected chi connectivity index (χ1v) is 6.78.